The number of hydrogen-bond donors (Lipinski definition) is 2. The normalized spacial score (nSPS) is 11.4. The van der Waals surface area contributed by atoms with Gasteiger partial charge in [0.1, 0.15) is 0 Å². The van der Waals surface area contributed by atoms with Crippen LogP contribution in [0.15, 0.2) is 84.9 Å². The summed E-state index contributed by atoms with van der Waals surface area (Å²) in [6, 6.07) is 26.3. The molecule has 2 amide bonds. The summed E-state index contributed by atoms with van der Waals surface area (Å²) in [5.41, 5.74) is 3.15. The van der Waals surface area contributed by atoms with Crippen LogP contribution in [0.2, 0.25) is 0 Å². The van der Waals surface area contributed by atoms with E-state index in [9.17, 15) is 14.4 Å². The molecule has 5 nitrogen and oxygen atoms in total. The minimum absolute atomic E-state index is 0.0136. The van der Waals surface area contributed by atoms with Crippen LogP contribution in [0.5, 0.6) is 0 Å². The summed E-state index contributed by atoms with van der Waals surface area (Å²) < 4.78 is 0. The van der Waals surface area contributed by atoms with E-state index in [4.69, 9.17) is 0 Å². The molecule has 2 N–H and O–H groups in total. The predicted octanol–water partition coefficient (Wildman–Crippen LogP) is 4.28. The number of ketones is 1. The quantitative estimate of drug-likeness (QED) is 0.344. The molecule has 3 aromatic carbocycles. The van der Waals surface area contributed by atoms with Gasteiger partial charge in [0.2, 0.25) is 11.8 Å². The SMILES string of the molecule is CC(C(=O)NCCCC(=O)NCCc1ccccc1)c1cccc(C(=O)c2ccccc2)c1. The van der Waals surface area contributed by atoms with E-state index in [-0.39, 0.29) is 17.6 Å². The highest BCUT2D eigenvalue weighted by Crippen LogP contribution is 2.19. The maximum atomic E-state index is 12.7. The number of amides is 2. The molecule has 0 aliphatic heterocycles. The van der Waals surface area contributed by atoms with Crippen molar-refractivity contribution in [2.75, 3.05) is 13.1 Å². The Labute approximate surface area is 195 Å². The van der Waals surface area contributed by atoms with Crippen molar-refractivity contribution < 1.29 is 14.4 Å². The van der Waals surface area contributed by atoms with Crippen molar-refractivity contribution in [3.05, 3.63) is 107 Å². The van der Waals surface area contributed by atoms with Crippen LogP contribution >= 0.6 is 0 Å². The molecule has 170 valence electrons. The minimum atomic E-state index is -0.395. The number of hydrogen-bond acceptors (Lipinski definition) is 3. The first-order valence-corrected chi connectivity index (χ1v) is 11.3. The minimum Gasteiger partial charge on any atom is -0.356 e. The van der Waals surface area contributed by atoms with E-state index >= 15 is 0 Å². The fourth-order valence-electron chi connectivity index (χ4n) is 3.55. The predicted molar refractivity (Wildman–Crippen MR) is 130 cm³/mol. The maximum absolute atomic E-state index is 12.7. The van der Waals surface area contributed by atoms with Gasteiger partial charge in [-0.05, 0) is 37.0 Å². The monoisotopic (exact) mass is 442 g/mol. The number of carbonyl (C=O) groups is 3. The molecule has 33 heavy (non-hydrogen) atoms. The van der Waals surface area contributed by atoms with Crippen molar-refractivity contribution in [1.82, 2.24) is 10.6 Å². The summed E-state index contributed by atoms with van der Waals surface area (Å²) in [5, 5.41) is 5.81. The van der Waals surface area contributed by atoms with Crippen molar-refractivity contribution >= 4 is 17.6 Å². The molecule has 0 aliphatic rings. The van der Waals surface area contributed by atoms with E-state index in [1.54, 1.807) is 30.3 Å². The number of nitrogens with one attached hydrogen (secondary N) is 2. The van der Waals surface area contributed by atoms with Crippen LogP contribution in [0.3, 0.4) is 0 Å². The first kappa shape index (κ1) is 23.9. The fraction of sp³-hybridized carbons (Fsp3) is 0.250. The van der Waals surface area contributed by atoms with Crippen LogP contribution in [0, 0.1) is 0 Å². The van der Waals surface area contributed by atoms with Gasteiger partial charge in [0.25, 0.3) is 0 Å². The molecule has 3 aromatic rings. The van der Waals surface area contributed by atoms with E-state index in [1.807, 2.05) is 61.5 Å². The van der Waals surface area contributed by atoms with E-state index in [0.29, 0.717) is 37.1 Å². The Balaban J connectivity index is 1.40. The highest BCUT2D eigenvalue weighted by atomic mass is 16.2. The van der Waals surface area contributed by atoms with E-state index in [0.717, 1.165) is 12.0 Å². The van der Waals surface area contributed by atoms with E-state index in [1.165, 1.54) is 5.56 Å². The molecular weight excluding hydrogens is 412 g/mol. The molecule has 0 aromatic heterocycles. The zero-order valence-corrected chi connectivity index (χ0v) is 18.9. The number of carbonyl (C=O) groups excluding carboxylic acids is 3. The summed E-state index contributed by atoms with van der Waals surface area (Å²) in [6.07, 6.45) is 1.74. The van der Waals surface area contributed by atoms with Gasteiger partial charge in [0.15, 0.2) is 5.78 Å². The summed E-state index contributed by atoms with van der Waals surface area (Å²) in [7, 11) is 0. The van der Waals surface area contributed by atoms with Crippen molar-refractivity contribution in [2.24, 2.45) is 0 Å². The van der Waals surface area contributed by atoms with Crippen molar-refractivity contribution in [2.45, 2.75) is 32.1 Å². The molecular formula is C28H30N2O3. The van der Waals surface area contributed by atoms with Gasteiger partial charge in [-0.25, -0.2) is 0 Å². The number of benzene rings is 3. The highest BCUT2D eigenvalue weighted by Gasteiger charge is 2.17. The smallest absolute Gasteiger partial charge is 0.227 e. The molecule has 0 fully saturated rings. The molecule has 0 spiro atoms. The van der Waals surface area contributed by atoms with Crippen LogP contribution < -0.4 is 10.6 Å². The average molecular weight is 443 g/mol. The maximum Gasteiger partial charge on any atom is 0.227 e. The third-order valence-electron chi connectivity index (χ3n) is 5.54. The average Bonchev–Trinajstić information content (AvgIpc) is 2.87. The second-order valence-electron chi connectivity index (χ2n) is 8.02. The Morgan fingerprint density at radius 2 is 1.42 bits per heavy atom. The largest absolute Gasteiger partial charge is 0.356 e. The topological polar surface area (TPSA) is 75.3 Å². The molecule has 0 radical (unpaired) electrons. The van der Waals surface area contributed by atoms with Crippen LogP contribution in [0.25, 0.3) is 0 Å². The van der Waals surface area contributed by atoms with Gasteiger partial charge in [-0.3, -0.25) is 14.4 Å². The van der Waals surface area contributed by atoms with Crippen LogP contribution in [0.4, 0.5) is 0 Å². The van der Waals surface area contributed by atoms with Gasteiger partial charge in [-0.15, -0.1) is 0 Å². The van der Waals surface area contributed by atoms with Gasteiger partial charge in [0.05, 0.1) is 5.92 Å². The summed E-state index contributed by atoms with van der Waals surface area (Å²) in [5.74, 6) is -0.597. The van der Waals surface area contributed by atoms with Crippen molar-refractivity contribution in [1.29, 1.82) is 0 Å². The van der Waals surface area contributed by atoms with Crippen LogP contribution in [-0.4, -0.2) is 30.7 Å². The number of rotatable bonds is 11. The highest BCUT2D eigenvalue weighted by molar-refractivity contribution is 6.09. The zero-order valence-electron chi connectivity index (χ0n) is 18.9. The van der Waals surface area contributed by atoms with Crippen LogP contribution in [-0.2, 0) is 16.0 Å². The Morgan fingerprint density at radius 3 is 2.15 bits per heavy atom. The van der Waals surface area contributed by atoms with Crippen molar-refractivity contribution in [3.63, 3.8) is 0 Å². The van der Waals surface area contributed by atoms with Crippen LogP contribution in [0.1, 0.15) is 52.7 Å². The molecule has 3 rings (SSSR count). The Bertz CT molecular complexity index is 1060. The standard InChI is InChI=1S/C28H30N2O3/c1-21(24-14-8-15-25(20-24)27(32)23-12-6-3-7-13-23)28(33)30-18-9-16-26(31)29-19-17-22-10-4-2-5-11-22/h2-8,10-15,20-21H,9,16-19H2,1H3,(H,29,31)(H,30,33). The lowest BCUT2D eigenvalue weighted by Crippen LogP contribution is -2.30. The summed E-state index contributed by atoms with van der Waals surface area (Å²) >= 11 is 0. The first-order valence-electron chi connectivity index (χ1n) is 11.3. The Kier molecular flexibility index (Phi) is 8.95. The van der Waals surface area contributed by atoms with E-state index < -0.39 is 5.92 Å². The second kappa shape index (κ2) is 12.3. The molecule has 0 aliphatic carbocycles. The lowest BCUT2D eigenvalue weighted by molar-refractivity contribution is -0.123. The van der Waals surface area contributed by atoms with Gasteiger partial charge in [0, 0.05) is 30.6 Å². The molecule has 0 heterocycles. The second-order valence-corrected chi connectivity index (χ2v) is 8.02. The lowest BCUT2D eigenvalue weighted by atomic mass is 9.95. The van der Waals surface area contributed by atoms with E-state index in [2.05, 4.69) is 10.6 Å². The molecule has 0 bridgehead atoms. The van der Waals surface area contributed by atoms with Gasteiger partial charge < -0.3 is 10.6 Å². The third-order valence-corrected chi connectivity index (χ3v) is 5.54. The Morgan fingerprint density at radius 1 is 0.758 bits per heavy atom. The first-order chi connectivity index (χ1) is 16.0. The third kappa shape index (κ3) is 7.42. The van der Waals surface area contributed by atoms with Crippen molar-refractivity contribution in [3.8, 4) is 0 Å². The lowest BCUT2D eigenvalue weighted by Gasteiger charge is -2.14. The fourth-order valence-corrected chi connectivity index (χ4v) is 3.55. The van der Waals surface area contributed by atoms with Gasteiger partial charge in [-0.2, -0.15) is 0 Å². The molecule has 1 atom stereocenters. The zero-order chi connectivity index (χ0) is 23.5. The van der Waals surface area contributed by atoms with Gasteiger partial charge >= 0.3 is 0 Å². The molecule has 5 heteroatoms. The summed E-state index contributed by atoms with van der Waals surface area (Å²) in [6.45, 7) is 2.85. The molecule has 0 saturated heterocycles. The van der Waals surface area contributed by atoms with Gasteiger partial charge in [-0.1, -0.05) is 78.9 Å². The Hall–Kier alpha value is -3.73. The molecule has 1 unspecified atom stereocenters. The molecule has 0 saturated carbocycles. The summed E-state index contributed by atoms with van der Waals surface area (Å²) in [4.78, 5) is 37.3.